The van der Waals surface area contributed by atoms with Crippen molar-refractivity contribution in [1.82, 2.24) is 19.7 Å². The molecule has 1 aliphatic heterocycles. The summed E-state index contributed by atoms with van der Waals surface area (Å²) in [5.41, 5.74) is 2.68. The molecule has 0 unspecified atom stereocenters. The number of fused-ring (bicyclic) bond motifs is 1. The van der Waals surface area contributed by atoms with E-state index in [9.17, 15) is 9.18 Å². The van der Waals surface area contributed by atoms with Crippen molar-refractivity contribution in [3.8, 4) is 0 Å². The van der Waals surface area contributed by atoms with Crippen LogP contribution in [0.15, 0.2) is 42.9 Å². The van der Waals surface area contributed by atoms with Crippen LogP contribution in [0.2, 0.25) is 0 Å². The Labute approximate surface area is 180 Å². The van der Waals surface area contributed by atoms with E-state index < -0.39 is 0 Å². The molecule has 1 N–H and O–H groups in total. The molecular formula is C22H26FN7O. The highest BCUT2D eigenvalue weighted by molar-refractivity contribution is 6.04. The molecule has 1 amide bonds. The Bertz CT molecular complexity index is 1070. The lowest BCUT2D eigenvalue weighted by atomic mass is 10.1. The van der Waals surface area contributed by atoms with Gasteiger partial charge in [0, 0.05) is 31.9 Å². The number of likely N-dealkylation sites (N-methyl/N-ethyl adjacent to an activating group) is 2. The molecule has 0 fully saturated rings. The van der Waals surface area contributed by atoms with E-state index in [-0.39, 0.29) is 17.8 Å². The number of benzene rings is 1. The van der Waals surface area contributed by atoms with Crippen LogP contribution in [0.3, 0.4) is 0 Å². The largest absolute Gasteiger partial charge is 0.350 e. The van der Waals surface area contributed by atoms with Crippen LogP contribution in [0, 0.1) is 5.82 Å². The maximum absolute atomic E-state index is 13.1. The lowest BCUT2D eigenvalue weighted by Gasteiger charge is -2.39. The first-order chi connectivity index (χ1) is 15.0. The highest BCUT2D eigenvalue weighted by Gasteiger charge is 2.36. The van der Waals surface area contributed by atoms with Gasteiger partial charge in [0.25, 0.3) is 0 Å². The maximum Gasteiger partial charge on any atom is 0.249 e. The molecule has 0 saturated heterocycles. The number of rotatable bonds is 7. The average Bonchev–Trinajstić information content (AvgIpc) is 3.23. The van der Waals surface area contributed by atoms with Crippen LogP contribution in [-0.2, 0) is 17.9 Å². The summed E-state index contributed by atoms with van der Waals surface area (Å²) in [4.78, 5) is 25.4. The van der Waals surface area contributed by atoms with Crippen molar-refractivity contribution in [3.63, 3.8) is 0 Å². The molecule has 162 valence electrons. The summed E-state index contributed by atoms with van der Waals surface area (Å²) in [5.74, 6) is 1.08. The first-order valence-corrected chi connectivity index (χ1v) is 10.4. The minimum absolute atomic E-state index is 0.0646. The third kappa shape index (κ3) is 4.21. The summed E-state index contributed by atoms with van der Waals surface area (Å²) in [6.45, 7) is 5.81. The molecule has 0 bridgehead atoms. The Morgan fingerprint density at radius 1 is 1.13 bits per heavy atom. The van der Waals surface area contributed by atoms with Crippen molar-refractivity contribution in [1.29, 1.82) is 0 Å². The van der Waals surface area contributed by atoms with Gasteiger partial charge in [0.2, 0.25) is 11.9 Å². The van der Waals surface area contributed by atoms with Gasteiger partial charge in [-0.25, -0.2) is 9.37 Å². The van der Waals surface area contributed by atoms with E-state index in [0.29, 0.717) is 31.3 Å². The van der Waals surface area contributed by atoms with E-state index in [0.717, 1.165) is 23.4 Å². The van der Waals surface area contributed by atoms with Crippen molar-refractivity contribution in [2.24, 2.45) is 0 Å². The van der Waals surface area contributed by atoms with Crippen LogP contribution in [0.5, 0.6) is 0 Å². The molecular weight excluding hydrogens is 397 g/mol. The SMILES string of the molecule is CC[C@@H]1C(=O)N(C)c2cnc(NCc3cnn(Cc4ccc(F)cc4)c3)nc2N1CC. The number of nitrogens with zero attached hydrogens (tertiary/aromatic N) is 6. The van der Waals surface area contributed by atoms with Crippen LogP contribution in [0.25, 0.3) is 0 Å². The second-order valence-corrected chi connectivity index (χ2v) is 7.54. The topological polar surface area (TPSA) is 79.2 Å². The van der Waals surface area contributed by atoms with Gasteiger partial charge in [0.1, 0.15) is 17.5 Å². The molecule has 0 saturated carbocycles. The Kier molecular flexibility index (Phi) is 5.83. The molecule has 3 aromatic rings. The van der Waals surface area contributed by atoms with Gasteiger partial charge >= 0.3 is 0 Å². The third-order valence-electron chi connectivity index (χ3n) is 5.50. The van der Waals surface area contributed by atoms with Crippen LogP contribution >= 0.6 is 0 Å². The number of aromatic nitrogens is 4. The van der Waals surface area contributed by atoms with Crippen molar-refractivity contribution < 1.29 is 9.18 Å². The molecule has 3 heterocycles. The molecule has 9 heteroatoms. The highest BCUT2D eigenvalue weighted by Crippen LogP contribution is 2.34. The summed E-state index contributed by atoms with van der Waals surface area (Å²) >= 11 is 0. The lowest BCUT2D eigenvalue weighted by Crippen LogP contribution is -2.52. The Morgan fingerprint density at radius 3 is 2.61 bits per heavy atom. The molecule has 1 atom stereocenters. The smallest absolute Gasteiger partial charge is 0.249 e. The predicted octanol–water partition coefficient (Wildman–Crippen LogP) is 3.05. The second-order valence-electron chi connectivity index (χ2n) is 7.54. The van der Waals surface area contributed by atoms with E-state index in [4.69, 9.17) is 4.98 Å². The Hall–Kier alpha value is -3.49. The number of hydrogen-bond donors (Lipinski definition) is 1. The van der Waals surface area contributed by atoms with Gasteiger partial charge < -0.3 is 15.1 Å². The first kappa shape index (κ1) is 20.8. The highest BCUT2D eigenvalue weighted by atomic mass is 19.1. The molecule has 1 aliphatic rings. The number of anilines is 3. The summed E-state index contributed by atoms with van der Waals surface area (Å²) < 4.78 is 14.9. The van der Waals surface area contributed by atoms with E-state index in [1.54, 1.807) is 36.5 Å². The number of nitrogens with one attached hydrogen (secondary N) is 1. The van der Waals surface area contributed by atoms with Gasteiger partial charge in [-0.1, -0.05) is 19.1 Å². The zero-order valence-corrected chi connectivity index (χ0v) is 17.9. The number of carbonyl (C=O) groups is 1. The normalized spacial score (nSPS) is 15.9. The number of halogens is 1. The van der Waals surface area contributed by atoms with Crippen LogP contribution < -0.4 is 15.1 Å². The van der Waals surface area contributed by atoms with Gasteiger partial charge in [-0.3, -0.25) is 9.48 Å². The quantitative estimate of drug-likeness (QED) is 0.629. The standard InChI is InChI=1S/C22H26FN7O/c1-4-18-21(31)28(3)19-12-25-22(27-20(19)30(18)5-2)24-10-16-11-26-29(14-16)13-15-6-8-17(23)9-7-15/h6-9,11-12,14,18H,4-5,10,13H2,1-3H3,(H,24,25,27)/t18-/m1/s1. The van der Waals surface area contributed by atoms with Crippen LogP contribution in [0.4, 0.5) is 21.8 Å². The number of hydrogen-bond acceptors (Lipinski definition) is 6. The first-order valence-electron chi connectivity index (χ1n) is 10.4. The van der Waals surface area contributed by atoms with Gasteiger partial charge in [-0.15, -0.1) is 0 Å². The second kappa shape index (κ2) is 8.71. The number of carbonyl (C=O) groups excluding carboxylic acids is 1. The monoisotopic (exact) mass is 423 g/mol. The molecule has 0 spiro atoms. The molecule has 0 radical (unpaired) electrons. The predicted molar refractivity (Wildman–Crippen MR) is 118 cm³/mol. The van der Waals surface area contributed by atoms with Gasteiger partial charge in [0.05, 0.1) is 18.9 Å². The summed E-state index contributed by atoms with van der Waals surface area (Å²) in [5, 5.41) is 7.61. The molecule has 31 heavy (non-hydrogen) atoms. The zero-order chi connectivity index (χ0) is 22.0. The van der Waals surface area contributed by atoms with Crippen LogP contribution in [0.1, 0.15) is 31.4 Å². The fraction of sp³-hybridized carbons (Fsp3) is 0.364. The van der Waals surface area contributed by atoms with Gasteiger partial charge in [0.15, 0.2) is 5.82 Å². The molecule has 4 rings (SSSR count). The van der Waals surface area contributed by atoms with Gasteiger partial charge in [-0.05, 0) is 31.0 Å². The van der Waals surface area contributed by atoms with E-state index >= 15 is 0 Å². The lowest BCUT2D eigenvalue weighted by molar-refractivity contribution is -0.120. The van der Waals surface area contributed by atoms with E-state index in [1.165, 1.54) is 12.1 Å². The Balaban J connectivity index is 1.46. The minimum atomic E-state index is -0.249. The van der Waals surface area contributed by atoms with E-state index in [2.05, 4.69) is 15.4 Å². The molecule has 0 aliphatic carbocycles. The summed E-state index contributed by atoms with van der Waals surface area (Å²) in [6.07, 6.45) is 6.13. The van der Waals surface area contributed by atoms with E-state index in [1.807, 2.05) is 29.6 Å². The average molecular weight is 423 g/mol. The minimum Gasteiger partial charge on any atom is -0.350 e. The third-order valence-corrected chi connectivity index (χ3v) is 5.50. The fourth-order valence-electron chi connectivity index (χ4n) is 3.83. The Morgan fingerprint density at radius 2 is 1.90 bits per heavy atom. The van der Waals surface area contributed by atoms with Crippen molar-refractivity contribution in [3.05, 3.63) is 59.8 Å². The van der Waals surface area contributed by atoms with Crippen molar-refractivity contribution in [2.45, 2.75) is 39.4 Å². The number of amides is 1. The van der Waals surface area contributed by atoms with Crippen LogP contribution in [-0.4, -0.2) is 45.3 Å². The molecule has 8 nitrogen and oxygen atoms in total. The summed E-state index contributed by atoms with van der Waals surface area (Å²) in [7, 11) is 1.77. The van der Waals surface area contributed by atoms with Crippen molar-refractivity contribution in [2.75, 3.05) is 28.7 Å². The zero-order valence-electron chi connectivity index (χ0n) is 17.9. The maximum atomic E-state index is 13.1. The molecule has 2 aromatic heterocycles. The van der Waals surface area contributed by atoms with Gasteiger partial charge in [-0.2, -0.15) is 10.1 Å². The van der Waals surface area contributed by atoms with Crippen molar-refractivity contribution >= 4 is 23.4 Å². The molecule has 1 aromatic carbocycles. The fourth-order valence-corrected chi connectivity index (χ4v) is 3.83. The summed E-state index contributed by atoms with van der Waals surface area (Å²) in [6, 6.07) is 6.18.